The van der Waals surface area contributed by atoms with Crippen molar-refractivity contribution in [2.75, 3.05) is 6.54 Å². The Balaban J connectivity index is 1.70. The number of fused-ring (bicyclic) bond motifs is 1. The number of nitro benzene ring substituents is 1. The van der Waals surface area contributed by atoms with E-state index in [-0.39, 0.29) is 26.5 Å². The average molecular weight is 628 g/mol. The fourth-order valence-electron chi connectivity index (χ4n) is 4.31. The van der Waals surface area contributed by atoms with Gasteiger partial charge in [-0.05, 0) is 37.1 Å². The summed E-state index contributed by atoms with van der Waals surface area (Å²) in [5, 5.41) is 13.1. The van der Waals surface area contributed by atoms with E-state index in [1.165, 1.54) is 42.5 Å². The number of hydrogen-bond donors (Lipinski definition) is 0. The molecule has 0 unspecified atom stereocenters. The Morgan fingerprint density at radius 1 is 1.00 bits per heavy atom. The van der Waals surface area contributed by atoms with Crippen LogP contribution in [0.1, 0.15) is 33.6 Å². The largest absolute Gasteiger partial charge is 0.292 e. The molecule has 3 amide bonds. The van der Waals surface area contributed by atoms with Gasteiger partial charge in [0.15, 0.2) is 5.78 Å². The predicted octanol–water partition coefficient (Wildman–Crippen LogP) is 4.41. The third-order valence-corrected chi connectivity index (χ3v) is 9.11. The molecule has 35 heavy (non-hydrogen) atoms. The summed E-state index contributed by atoms with van der Waals surface area (Å²) in [7, 11) is 0. The molecule has 9 nitrogen and oxygen atoms in total. The average Bonchev–Trinajstić information content (AvgIpc) is 3.07. The first-order valence-electron chi connectivity index (χ1n) is 10.6. The van der Waals surface area contributed by atoms with Crippen LogP contribution in [0.2, 0.25) is 5.02 Å². The topological polar surface area (TPSA) is 118 Å². The van der Waals surface area contributed by atoms with Gasteiger partial charge in [0.25, 0.3) is 23.4 Å². The van der Waals surface area contributed by atoms with Gasteiger partial charge in [0.1, 0.15) is 6.54 Å². The second-order valence-electron chi connectivity index (χ2n) is 8.30. The molecule has 1 saturated carbocycles. The number of halogens is 3. The van der Waals surface area contributed by atoms with E-state index in [0.29, 0.717) is 17.9 Å². The quantitative estimate of drug-likeness (QED) is 0.154. The highest BCUT2D eigenvalue weighted by Gasteiger charge is 2.54. The normalized spacial score (nSPS) is 23.7. The summed E-state index contributed by atoms with van der Waals surface area (Å²) in [4.78, 5) is 63.7. The minimum Gasteiger partial charge on any atom is -0.292 e. The van der Waals surface area contributed by atoms with Crippen LogP contribution in [-0.2, 0) is 9.59 Å². The van der Waals surface area contributed by atoms with Crippen molar-refractivity contribution in [3.05, 3.63) is 74.8 Å². The molecule has 0 aromatic heterocycles. The van der Waals surface area contributed by atoms with Crippen LogP contribution in [0.3, 0.4) is 0 Å². The second kappa shape index (κ2) is 10.2. The lowest BCUT2D eigenvalue weighted by Crippen LogP contribution is -2.52. The predicted molar refractivity (Wildman–Crippen MR) is 133 cm³/mol. The molecule has 0 spiro atoms. The van der Waals surface area contributed by atoms with Gasteiger partial charge < -0.3 is 0 Å². The molecule has 1 aliphatic heterocycles. The Morgan fingerprint density at radius 3 is 2.11 bits per heavy atom. The summed E-state index contributed by atoms with van der Waals surface area (Å²) < 4.78 is 0. The molecule has 1 aliphatic carbocycles. The van der Waals surface area contributed by atoms with Gasteiger partial charge in [-0.15, -0.1) is 0 Å². The standard InChI is InChI=1S/C23H18Br2ClN3O6/c24-18-9-16-17(10-19(18)25)23(33)28(22(16)32)27(21(31)12-4-6-14(26)7-5-12)11-20(30)13-2-1-3-15(8-13)29(34)35/h1-8,16-19H,9-11H2/t16-,17+,18-,19-/m0/s1. The lowest BCUT2D eigenvalue weighted by molar-refractivity contribution is -0.384. The third-order valence-electron chi connectivity index (χ3n) is 6.13. The van der Waals surface area contributed by atoms with Gasteiger partial charge >= 0.3 is 0 Å². The second-order valence-corrected chi connectivity index (χ2v) is 11.1. The molecule has 0 bridgehead atoms. The highest BCUT2D eigenvalue weighted by molar-refractivity contribution is 9.12. The first-order valence-corrected chi connectivity index (χ1v) is 12.8. The van der Waals surface area contributed by atoms with E-state index in [0.717, 1.165) is 16.1 Å². The molecule has 2 aromatic carbocycles. The summed E-state index contributed by atoms with van der Waals surface area (Å²) in [5.74, 6) is -3.78. The molecule has 1 heterocycles. The molecule has 182 valence electrons. The van der Waals surface area contributed by atoms with Crippen LogP contribution in [0, 0.1) is 22.0 Å². The molecule has 2 aromatic rings. The van der Waals surface area contributed by atoms with Gasteiger partial charge in [0.2, 0.25) is 0 Å². The van der Waals surface area contributed by atoms with Crippen molar-refractivity contribution >= 4 is 72.7 Å². The number of rotatable bonds is 6. The Hall–Kier alpha value is -2.63. The fraction of sp³-hybridized carbons (Fsp3) is 0.304. The smallest absolute Gasteiger partial charge is 0.273 e. The summed E-state index contributed by atoms with van der Waals surface area (Å²) in [6, 6.07) is 10.9. The van der Waals surface area contributed by atoms with Crippen molar-refractivity contribution in [2.45, 2.75) is 22.5 Å². The van der Waals surface area contributed by atoms with Crippen molar-refractivity contribution in [3.8, 4) is 0 Å². The number of hydrazine groups is 1. The number of amides is 3. The number of Topliss-reactive ketones (excluding diaryl/α,β-unsaturated/α-hetero) is 1. The Labute approximate surface area is 221 Å². The van der Waals surface area contributed by atoms with E-state index in [1.54, 1.807) is 0 Å². The zero-order valence-corrected chi connectivity index (χ0v) is 21.9. The lowest BCUT2D eigenvalue weighted by Gasteiger charge is -2.30. The van der Waals surface area contributed by atoms with E-state index >= 15 is 0 Å². The molecule has 0 N–H and O–H groups in total. The number of benzene rings is 2. The third kappa shape index (κ3) is 5.03. The van der Waals surface area contributed by atoms with Crippen molar-refractivity contribution in [1.82, 2.24) is 10.0 Å². The number of ketones is 1. The van der Waals surface area contributed by atoms with Gasteiger partial charge in [-0.25, -0.2) is 5.01 Å². The number of carbonyl (C=O) groups is 4. The molecule has 12 heteroatoms. The molecule has 2 aliphatic rings. The molecule has 4 rings (SSSR count). The van der Waals surface area contributed by atoms with Crippen molar-refractivity contribution in [1.29, 1.82) is 0 Å². The van der Waals surface area contributed by atoms with Gasteiger partial charge in [0.05, 0.1) is 16.8 Å². The van der Waals surface area contributed by atoms with Gasteiger partial charge in [0, 0.05) is 37.9 Å². The number of hydrogen-bond acceptors (Lipinski definition) is 6. The Morgan fingerprint density at radius 2 is 1.57 bits per heavy atom. The van der Waals surface area contributed by atoms with E-state index in [9.17, 15) is 29.3 Å². The van der Waals surface area contributed by atoms with Crippen LogP contribution in [0.25, 0.3) is 0 Å². The van der Waals surface area contributed by atoms with Gasteiger partial charge in [-0.1, -0.05) is 55.6 Å². The van der Waals surface area contributed by atoms with Gasteiger partial charge in [-0.3, -0.25) is 29.3 Å². The number of nitrogens with zero attached hydrogens (tertiary/aromatic N) is 3. The maximum absolute atomic E-state index is 13.5. The first kappa shape index (κ1) is 25.5. The molecular weight excluding hydrogens is 610 g/mol. The van der Waals surface area contributed by atoms with E-state index in [4.69, 9.17) is 11.6 Å². The first-order chi connectivity index (χ1) is 16.6. The monoisotopic (exact) mass is 625 g/mol. The number of carbonyl (C=O) groups excluding carboxylic acids is 4. The maximum atomic E-state index is 13.5. The molecule has 1 saturated heterocycles. The number of alkyl halides is 2. The zero-order valence-electron chi connectivity index (χ0n) is 18.0. The minimum absolute atomic E-state index is 0.0225. The number of imide groups is 1. The molecule has 0 radical (unpaired) electrons. The van der Waals surface area contributed by atoms with Crippen LogP contribution in [-0.4, -0.2) is 54.6 Å². The summed E-state index contributed by atoms with van der Waals surface area (Å²) >= 11 is 13.0. The van der Waals surface area contributed by atoms with E-state index < -0.39 is 46.8 Å². The minimum atomic E-state index is -0.744. The van der Waals surface area contributed by atoms with E-state index in [1.807, 2.05) is 0 Å². The molecular formula is C23H18Br2ClN3O6. The summed E-state index contributed by atoms with van der Waals surface area (Å²) in [5.41, 5.74) is -0.198. The van der Waals surface area contributed by atoms with Crippen LogP contribution >= 0.6 is 43.5 Å². The van der Waals surface area contributed by atoms with Crippen LogP contribution in [0.5, 0.6) is 0 Å². The Kier molecular flexibility index (Phi) is 7.39. The summed E-state index contributed by atoms with van der Waals surface area (Å²) in [6.07, 6.45) is 0.785. The van der Waals surface area contributed by atoms with Crippen LogP contribution < -0.4 is 0 Å². The van der Waals surface area contributed by atoms with Crippen molar-refractivity contribution in [3.63, 3.8) is 0 Å². The summed E-state index contributed by atoms with van der Waals surface area (Å²) in [6.45, 7) is -0.658. The fourth-order valence-corrected chi connectivity index (χ4v) is 5.67. The van der Waals surface area contributed by atoms with Crippen LogP contribution in [0.15, 0.2) is 48.5 Å². The molecule has 2 fully saturated rings. The maximum Gasteiger partial charge on any atom is 0.273 e. The van der Waals surface area contributed by atoms with Crippen molar-refractivity contribution < 1.29 is 24.1 Å². The Bertz CT molecular complexity index is 1200. The lowest BCUT2D eigenvalue weighted by atomic mass is 9.81. The van der Waals surface area contributed by atoms with Gasteiger partial charge in [-0.2, -0.15) is 5.01 Å². The highest BCUT2D eigenvalue weighted by Crippen LogP contribution is 2.43. The number of non-ortho nitro benzene ring substituents is 1. The SMILES string of the molecule is O=C(CN(C(=O)c1ccc(Cl)cc1)N1C(=O)[C@H]2C[C@H](Br)[C@@H](Br)C[C@H]2C1=O)c1cccc([N+](=O)[O-])c1. The van der Waals surface area contributed by atoms with E-state index in [2.05, 4.69) is 31.9 Å². The highest BCUT2D eigenvalue weighted by atomic mass is 79.9. The molecule has 4 atom stereocenters. The number of nitro groups is 1. The van der Waals surface area contributed by atoms with Crippen LogP contribution in [0.4, 0.5) is 5.69 Å². The zero-order chi connectivity index (χ0) is 25.4. The van der Waals surface area contributed by atoms with Crippen molar-refractivity contribution in [2.24, 2.45) is 11.8 Å².